The monoisotopic (exact) mass is 384 g/mol. The largest absolute Gasteiger partial charge is 0.493 e. The summed E-state index contributed by atoms with van der Waals surface area (Å²) >= 11 is 5.27. The molecule has 0 aliphatic carbocycles. The maximum atomic E-state index is 13.0. The second-order valence-corrected chi connectivity index (χ2v) is 6.27. The fourth-order valence-electron chi connectivity index (χ4n) is 3.05. The number of thiocarbonyl (C=S) groups is 1. The molecule has 0 spiro atoms. The molecule has 140 valence electrons. The lowest BCUT2D eigenvalue weighted by atomic mass is 9.87. The number of nitrogens with one attached hydrogen (secondary N) is 3. The lowest BCUT2D eigenvalue weighted by molar-refractivity contribution is -0.119. The van der Waals surface area contributed by atoms with Gasteiger partial charge < -0.3 is 25.4 Å². The van der Waals surface area contributed by atoms with Crippen LogP contribution in [0.4, 0.5) is 5.82 Å². The van der Waals surface area contributed by atoms with Gasteiger partial charge in [-0.25, -0.2) is 4.98 Å². The molecule has 27 heavy (non-hydrogen) atoms. The SMILES string of the molecule is C=C1NC(=S)NC(c2cccc(OC)c2OC)C1C(=O)Nc1ccccn1. The normalized spacial score (nSPS) is 18.9. The predicted octanol–water partition coefficient (Wildman–Crippen LogP) is 2.39. The molecule has 3 N–H and O–H groups in total. The predicted molar refractivity (Wildman–Crippen MR) is 107 cm³/mol. The number of para-hydroxylation sites is 1. The minimum atomic E-state index is -0.653. The number of hydrogen-bond donors (Lipinski definition) is 3. The van der Waals surface area contributed by atoms with Crippen LogP contribution in [0.15, 0.2) is 54.9 Å². The molecule has 1 saturated heterocycles. The highest BCUT2D eigenvalue weighted by Crippen LogP contribution is 2.40. The van der Waals surface area contributed by atoms with Gasteiger partial charge in [-0.3, -0.25) is 4.79 Å². The summed E-state index contributed by atoms with van der Waals surface area (Å²) in [4.78, 5) is 17.2. The molecule has 2 heterocycles. The number of nitrogens with zero attached hydrogens (tertiary/aromatic N) is 1. The highest BCUT2D eigenvalue weighted by molar-refractivity contribution is 7.80. The van der Waals surface area contributed by atoms with Gasteiger partial charge in [-0.05, 0) is 30.4 Å². The smallest absolute Gasteiger partial charge is 0.237 e. The van der Waals surface area contributed by atoms with Crippen molar-refractivity contribution in [2.24, 2.45) is 5.92 Å². The highest BCUT2D eigenvalue weighted by atomic mass is 32.1. The topological polar surface area (TPSA) is 84.5 Å². The van der Waals surface area contributed by atoms with Crippen molar-refractivity contribution in [3.8, 4) is 11.5 Å². The Bertz CT molecular complexity index is 873. The van der Waals surface area contributed by atoms with Gasteiger partial charge in [-0.15, -0.1) is 0 Å². The molecule has 0 saturated carbocycles. The Labute approximate surface area is 162 Å². The average molecular weight is 384 g/mol. The number of carbonyl (C=O) groups excluding carboxylic acids is 1. The first-order valence-electron chi connectivity index (χ1n) is 8.24. The van der Waals surface area contributed by atoms with Crippen molar-refractivity contribution in [3.05, 3.63) is 60.4 Å². The zero-order chi connectivity index (χ0) is 19.4. The molecule has 1 aromatic heterocycles. The van der Waals surface area contributed by atoms with E-state index in [9.17, 15) is 4.79 Å². The van der Waals surface area contributed by atoms with E-state index in [1.54, 1.807) is 44.7 Å². The van der Waals surface area contributed by atoms with Gasteiger partial charge in [0, 0.05) is 17.5 Å². The summed E-state index contributed by atoms with van der Waals surface area (Å²) in [6.07, 6.45) is 1.61. The zero-order valence-corrected chi connectivity index (χ0v) is 15.8. The number of aromatic nitrogens is 1. The second-order valence-electron chi connectivity index (χ2n) is 5.87. The van der Waals surface area contributed by atoms with Crippen molar-refractivity contribution < 1.29 is 14.3 Å². The molecule has 0 radical (unpaired) electrons. The quantitative estimate of drug-likeness (QED) is 0.683. The van der Waals surface area contributed by atoms with Crippen LogP contribution >= 0.6 is 12.2 Å². The van der Waals surface area contributed by atoms with Crippen LogP contribution in [0.3, 0.4) is 0 Å². The number of benzene rings is 1. The van der Waals surface area contributed by atoms with Crippen LogP contribution in [0, 0.1) is 5.92 Å². The van der Waals surface area contributed by atoms with Crippen LogP contribution in [-0.2, 0) is 4.79 Å². The lowest BCUT2D eigenvalue weighted by Gasteiger charge is -2.36. The number of pyridine rings is 1. The van der Waals surface area contributed by atoms with Crippen LogP contribution in [0.25, 0.3) is 0 Å². The molecule has 1 aliphatic heterocycles. The van der Waals surface area contributed by atoms with Crippen molar-refractivity contribution in [2.45, 2.75) is 6.04 Å². The van der Waals surface area contributed by atoms with Gasteiger partial charge >= 0.3 is 0 Å². The van der Waals surface area contributed by atoms with E-state index in [2.05, 4.69) is 27.5 Å². The Kier molecular flexibility index (Phi) is 5.56. The number of rotatable bonds is 5. The van der Waals surface area contributed by atoms with Crippen LogP contribution < -0.4 is 25.4 Å². The Balaban J connectivity index is 1.99. The van der Waals surface area contributed by atoms with E-state index in [4.69, 9.17) is 21.7 Å². The van der Waals surface area contributed by atoms with E-state index in [0.29, 0.717) is 28.1 Å². The standard InChI is InChI=1S/C19H20N4O3S/c1-11-15(18(24)22-14-9-4-5-10-20-14)16(23-19(27)21-11)12-7-6-8-13(25-2)17(12)26-3/h4-10,15-16H,1H2,2-3H3,(H,20,22,24)(H2,21,23,27). The Morgan fingerprint density at radius 2 is 2.04 bits per heavy atom. The molecule has 7 nitrogen and oxygen atoms in total. The molecular weight excluding hydrogens is 364 g/mol. The maximum Gasteiger partial charge on any atom is 0.237 e. The Hall–Kier alpha value is -3.13. The molecule has 0 bridgehead atoms. The van der Waals surface area contributed by atoms with E-state index in [-0.39, 0.29) is 5.91 Å². The van der Waals surface area contributed by atoms with Crippen LogP contribution in [0.5, 0.6) is 11.5 Å². The van der Waals surface area contributed by atoms with E-state index < -0.39 is 12.0 Å². The van der Waals surface area contributed by atoms with Crippen LogP contribution in [0.2, 0.25) is 0 Å². The summed E-state index contributed by atoms with van der Waals surface area (Å²) in [7, 11) is 3.12. The average Bonchev–Trinajstić information content (AvgIpc) is 2.67. The molecule has 1 amide bonds. The number of anilines is 1. The van der Waals surface area contributed by atoms with Crippen molar-refractivity contribution in [1.82, 2.24) is 15.6 Å². The summed E-state index contributed by atoms with van der Waals surface area (Å²) < 4.78 is 10.9. The lowest BCUT2D eigenvalue weighted by Crippen LogP contribution is -2.51. The van der Waals surface area contributed by atoms with Crippen molar-refractivity contribution >= 4 is 29.1 Å². The molecule has 8 heteroatoms. The van der Waals surface area contributed by atoms with Gasteiger partial charge in [-0.1, -0.05) is 24.8 Å². The summed E-state index contributed by atoms with van der Waals surface area (Å²) in [5.74, 6) is 0.636. The van der Waals surface area contributed by atoms with Crippen molar-refractivity contribution in [2.75, 3.05) is 19.5 Å². The van der Waals surface area contributed by atoms with E-state index in [0.717, 1.165) is 5.56 Å². The van der Waals surface area contributed by atoms with Crippen molar-refractivity contribution in [3.63, 3.8) is 0 Å². The maximum absolute atomic E-state index is 13.0. The molecule has 3 rings (SSSR count). The fourth-order valence-corrected chi connectivity index (χ4v) is 3.31. The summed E-state index contributed by atoms with van der Waals surface area (Å²) in [5, 5.41) is 9.29. The summed E-state index contributed by atoms with van der Waals surface area (Å²) in [5.41, 5.74) is 1.23. The molecule has 2 unspecified atom stereocenters. The molecular formula is C19H20N4O3S. The summed E-state index contributed by atoms with van der Waals surface area (Å²) in [6, 6.07) is 10.3. The van der Waals surface area contributed by atoms with E-state index >= 15 is 0 Å². The fraction of sp³-hybridized carbons (Fsp3) is 0.211. The molecule has 1 fully saturated rings. The third-order valence-corrected chi connectivity index (χ3v) is 4.46. The first kappa shape index (κ1) is 18.7. The zero-order valence-electron chi connectivity index (χ0n) is 15.0. The third-order valence-electron chi connectivity index (χ3n) is 4.24. The first-order chi connectivity index (χ1) is 13.0. The Morgan fingerprint density at radius 3 is 2.70 bits per heavy atom. The number of amides is 1. The minimum absolute atomic E-state index is 0.268. The number of ether oxygens (including phenoxy) is 2. The highest BCUT2D eigenvalue weighted by Gasteiger charge is 2.38. The van der Waals surface area contributed by atoms with Gasteiger partial charge in [0.15, 0.2) is 16.6 Å². The molecule has 1 aliphatic rings. The number of methoxy groups -OCH3 is 2. The van der Waals surface area contributed by atoms with Crippen LogP contribution in [-0.4, -0.2) is 30.2 Å². The van der Waals surface area contributed by atoms with Crippen molar-refractivity contribution in [1.29, 1.82) is 0 Å². The third kappa shape index (κ3) is 3.85. The molecule has 1 aromatic carbocycles. The van der Waals surface area contributed by atoms with Gasteiger partial charge in [0.25, 0.3) is 0 Å². The molecule has 2 aromatic rings. The Morgan fingerprint density at radius 1 is 1.22 bits per heavy atom. The van der Waals surface area contributed by atoms with E-state index in [1.165, 1.54) is 0 Å². The van der Waals surface area contributed by atoms with Gasteiger partial charge in [-0.2, -0.15) is 0 Å². The number of hydrogen-bond acceptors (Lipinski definition) is 5. The van der Waals surface area contributed by atoms with Gasteiger partial charge in [0.1, 0.15) is 11.7 Å². The van der Waals surface area contributed by atoms with Gasteiger partial charge in [0.05, 0.1) is 20.3 Å². The summed E-state index contributed by atoms with van der Waals surface area (Å²) in [6.45, 7) is 3.99. The van der Waals surface area contributed by atoms with E-state index in [1.807, 2.05) is 12.1 Å². The second kappa shape index (κ2) is 8.05. The van der Waals surface area contributed by atoms with Crippen LogP contribution in [0.1, 0.15) is 11.6 Å². The first-order valence-corrected chi connectivity index (χ1v) is 8.65. The minimum Gasteiger partial charge on any atom is -0.493 e. The molecule has 2 atom stereocenters. The number of carbonyl (C=O) groups is 1. The van der Waals surface area contributed by atoms with Gasteiger partial charge in [0.2, 0.25) is 5.91 Å².